The molecule has 2 aromatic heterocycles. The van der Waals surface area contributed by atoms with E-state index in [1.807, 2.05) is 16.8 Å². The van der Waals surface area contributed by atoms with E-state index >= 15 is 0 Å². The van der Waals surface area contributed by atoms with Crippen LogP contribution in [0.4, 0.5) is 0 Å². The minimum absolute atomic E-state index is 0.142. The van der Waals surface area contributed by atoms with Crippen LogP contribution in [0.1, 0.15) is 39.9 Å². The van der Waals surface area contributed by atoms with E-state index in [9.17, 15) is 4.79 Å². The summed E-state index contributed by atoms with van der Waals surface area (Å²) in [6.07, 6.45) is 2.83. The molecule has 1 atom stereocenters. The third-order valence-corrected chi connectivity index (χ3v) is 5.41. The Morgan fingerprint density at radius 1 is 1.17 bits per heavy atom. The zero-order chi connectivity index (χ0) is 21.5. The molecule has 1 aromatic carbocycles. The smallest absolute Gasteiger partial charge is 0.287 e. The summed E-state index contributed by atoms with van der Waals surface area (Å²) in [4.78, 5) is 12.7. The Balaban J connectivity index is 1.78. The number of nitrogens with one attached hydrogen (secondary N) is 1. The molecule has 1 N–H and O–H groups in total. The summed E-state index contributed by atoms with van der Waals surface area (Å²) < 4.78 is 22.1. The monoisotopic (exact) mass is 427 g/mol. The van der Waals surface area contributed by atoms with Gasteiger partial charge in [-0.15, -0.1) is 6.58 Å². The fourth-order valence-corrected chi connectivity index (χ4v) is 3.88. The van der Waals surface area contributed by atoms with Crippen molar-refractivity contribution in [3.63, 3.8) is 0 Å². The van der Waals surface area contributed by atoms with Crippen LogP contribution in [0.5, 0.6) is 17.2 Å². The van der Waals surface area contributed by atoms with Crippen molar-refractivity contribution in [3.05, 3.63) is 76.4 Å². The van der Waals surface area contributed by atoms with Crippen LogP contribution in [0, 0.1) is 0 Å². The van der Waals surface area contributed by atoms with Gasteiger partial charge in [0.05, 0.1) is 27.4 Å². The Morgan fingerprint density at radius 2 is 1.90 bits per heavy atom. The molecule has 0 aliphatic heterocycles. The molecule has 6 nitrogen and oxygen atoms in total. The zero-order valence-electron chi connectivity index (χ0n) is 17.3. The van der Waals surface area contributed by atoms with E-state index in [-0.39, 0.29) is 17.7 Å². The van der Waals surface area contributed by atoms with Gasteiger partial charge in [-0.25, -0.2) is 0 Å². The van der Waals surface area contributed by atoms with Gasteiger partial charge in [0.1, 0.15) is 23.0 Å². The van der Waals surface area contributed by atoms with E-state index in [1.54, 1.807) is 63.0 Å². The number of methoxy groups -OCH3 is 3. The number of hydrogen-bond donors (Lipinski definition) is 1. The minimum atomic E-state index is -0.270. The highest BCUT2D eigenvalue weighted by Crippen LogP contribution is 2.36. The molecule has 2 heterocycles. The van der Waals surface area contributed by atoms with Gasteiger partial charge in [0.15, 0.2) is 5.76 Å². The van der Waals surface area contributed by atoms with Gasteiger partial charge in [0, 0.05) is 24.1 Å². The molecular formula is C23H25NO5S. The van der Waals surface area contributed by atoms with Crippen LogP contribution in [0.15, 0.2) is 58.2 Å². The fraction of sp³-hybridized carbons (Fsp3) is 0.261. The second-order valence-electron chi connectivity index (χ2n) is 6.56. The Kier molecular flexibility index (Phi) is 7.19. The van der Waals surface area contributed by atoms with Gasteiger partial charge in [-0.05, 0) is 40.9 Å². The number of thiophene rings is 1. The molecule has 3 aromatic rings. The van der Waals surface area contributed by atoms with Gasteiger partial charge >= 0.3 is 0 Å². The summed E-state index contributed by atoms with van der Waals surface area (Å²) in [5.74, 6) is 2.48. The minimum Gasteiger partial charge on any atom is -0.496 e. The van der Waals surface area contributed by atoms with Gasteiger partial charge in [-0.3, -0.25) is 4.79 Å². The molecule has 0 aliphatic rings. The van der Waals surface area contributed by atoms with Crippen molar-refractivity contribution in [1.82, 2.24) is 5.32 Å². The predicted octanol–water partition coefficient (Wildman–Crippen LogP) is 5.00. The second kappa shape index (κ2) is 10.0. The third-order valence-electron chi connectivity index (χ3n) is 4.71. The highest BCUT2D eigenvalue weighted by atomic mass is 32.1. The summed E-state index contributed by atoms with van der Waals surface area (Å²) in [5.41, 5.74) is 1.86. The lowest BCUT2D eigenvalue weighted by molar-refractivity contribution is 0.0907. The van der Waals surface area contributed by atoms with Crippen molar-refractivity contribution < 1.29 is 23.4 Å². The lowest BCUT2D eigenvalue weighted by atomic mass is 10.1. The molecule has 0 saturated carbocycles. The standard InChI is InChI=1S/C23H25NO5S/c1-5-6-19(15-9-10-30-14-15)24-23(25)20-8-7-16(29-20)11-18-21(27-3)12-17(26-2)13-22(18)28-4/h5,7-10,12-14,19H,1,6,11H2,2-4H3,(H,24,25). The van der Waals surface area contributed by atoms with E-state index < -0.39 is 0 Å². The highest BCUT2D eigenvalue weighted by Gasteiger charge is 2.20. The summed E-state index contributed by atoms with van der Waals surface area (Å²) in [7, 11) is 4.76. The topological polar surface area (TPSA) is 69.9 Å². The highest BCUT2D eigenvalue weighted by molar-refractivity contribution is 7.08. The first kappa shape index (κ1) is 21.5. The summed E-state index contributed by atoms with van der Waals surface area (Å²) in [5, 5.41) is 7.01. The maximum atomic E-state index is 12.7. The van der Waals surface area contributed by atoms with Crippen LogP contribution in [0.25, 0.3) is 0 Å². The molecular weight excluding hydrogens is 402 g/mol. The Hall–Kier alpha value is -3.19. The number of amides is 1. The van der Waals surface area contributed by atoms with Gasteiger partial charge in [0.2, 0.25) is 0 Å². The number of ether oxygens (including phenoxy) is 3. The third kappa shape index (κ3) is 4.86. The van der Waals surface area contributed by atoms with Crippen molar-refractivity contribution in [2.45, 2.75) is 18.9 Å². The molecule has 0 bridgehead atoms. The molecule has 0 spiro atoms. The molecule has 0 aliphatic carbocycles. The summed E-state index contributed by atoms with van der Waals surface area (Å²) in [6, 6.07) is 8.88. The quantitative estimate of drug-likeness (QED) is 0.461. The zero-order valence-corrected chi connectivity index (χ0v) is 18.1. The van der Waals surface area contributed by atoms with Crippen molar-refractivity contribution in [1.29, 1.82) is 0 Å². The van der Waals surface area contributed by atoms with E-state index in [1.165, 1.54) is 0 Å². The maximum Gasteiger partial charge on any atom is 0.287 e. The number of carbonyl (C=O) groups excluding carboxylic acids is 1. The largest absolute Gasteiger partial charge is 0.496 e. The average Bonchev–Trinajstić information content (AvgIpc) is 3.46. The first-order chi connectivity index (χ1) is 14.6. The van der Waals surface area contributed by atoms with E-state index in [0.29, 0.717) is 35.9 Å². The Bertz CT molecular complexity index is 968. The van der Waals surface area contributed by atoms with Gasteiger partial charge in [0.25, 0.3) is 5.91 Å². The van der Waals surface area contributed by atoms with Crippen LogP contribution in [-0.4, -0.2) is 27.2 Å². The molecule has 0 fully saturated rings. The van der Waals surface area contributed by atoms with Crippen molar-refractivity contribution in [2.75, 3.05) is 21.3 Å². The van der Waals surface area contributed by atoms with Crippen molar-refractivity contribution >= 4 is 17.2 Å². The summed E-state index contributed by atoms with van der Waals surface area (Å²) in [6.45, 7) is 3.78. The van der Waals surface area contributed by atoms with Gasteiger partial charge in [-0.2, -0.15) is 11.3 Å². The average molecular weight is 428 g/mol. The fourth-order valence-electron chi connectivity index (χ4n) is 3.17. The lowest BCUT2D eigenvalue weighted by Gasteiger charge is -2.15. The van der Waals surface area contributed by atoms with Crippen molar-refractivity contribution in [3.8, 4) is 17.2 Å². The molecule has 1 amide bonds. The maximum absolute atomic E-state index is 12.7. The van der Waals surface area contributed by atoms with Gasteiger partial charge < -0.3 is 23.9 Å². The van der Waals surface area contributed by atoms with Crippen LogP contribution >= 0.6 is 11.3 Å². The molecule has 158 valence electrons. The first-order valence-electron chi connectivity index (χ1n) is 9.41. The van der Waals surface area contributed by atoms with E-state index in [2.05, 4.69) is 11.9 Å². The molecule has 3 rings (SSSR count). The second-order valence-corrected chi connectivity index (χ2v) is 7.34. The molecule has 7 heteroatoms. The first-order valence-corrected chi connectivity index (χ1v) is 10.3. The number of carbonyl (C=O) groups is 1. The van der Waals surface area contributed by atoms with Crippen molar-refractivity contribution in [2.24, 2.45) is 0 Å². The SMILES string of the molecule is C=CCC(NC(=O)c1ccc(Cc2c(OC)cc(OC)cc2OC)o1)c1ccsc1. The molecule has 0 saturated heterocycles. The number of hydrogen-bond acceptors (Lipinski definition) is 6. The van der Waals surface area contributed by atoms with Crippen LogP contribution in [0.2, 0.25) is 0 Å². The van der Waals surface area contributed by atoms with Crippen LogP contribution < -0.4 is 19.5 Å². The van der Waals surface area contributed by atoms with Gasteiger partial charge in [-0.1, -0.05) is 6.08 Å². The Morgan fingerprint density at radius 3 is 2.47 bits per heavy atom. The van der Waals surface area contributed by atoms with Crippen LogP contribution in [0.3, 0.4) is 0 Å². The molecule has 30 heavy (non-hydrogen) atoms. The van der Waals surface area contributed by atoms with Crippen LogP contribution in [-0.2, 0) is 6.42 Å². The van der Waals surface area contributed by atoms with E-state index in [4.69, 9.17) is 18.6 Å². The normalized spacial score (nSPS) is 11.6. The molecule has 0 radical (unpaired) electrons. The predicted molar refractivity (Wildman–Crippen MR) is 117 cm³/mol. The molecule has 1 unspecified atom stereocenters. The number of benzene rings is 1. The lowest BCUT2D eigenvalue weighted by Crippen LogP contribution is -2.27. The summed E-state index contributed by atoms with van der Waals surface area (Å²) >= 11 is 1.59. The number of furan rings is 1. The van der Waals surface area contributed by atoms with E-state index in [0.717, 1.165) is 11.1 Å². The number of rotatable bonds is 10. The Labute approximate surface area is 180 Å².